The lowest BCUT2D eigenvalue weighted by Gasteiger charge is -2.24. The number of carbonyl (C=O) groups excluding carboxylic acids is 1. The highest BCUT2D eigenvalue weighted by Gasteiger charge is 2.21. The van der Waals surface area contributed by atoms with Crippen molar-refractivity contribution < 1.29 is 24.1 Å². The number of ether oxygens (including phenoxy) is 3. The molecular weight excluding hydrogens is 410 g/mol. The highest BCUT2D eigenvalue weighted by atomic mass is 32.1. The lowest BCUT2D eigenvalue weighted by molar-refractivity contribution is 0.0177. The van der Waals surface area contributed by atoms with Crippen LogP contribution in [0.1, 0.15) is 41.3 Å². The fourth-order valence-electron chi connectivity index (χ4n) is 3.14. The molecule has 0 spiro atoms. The van der Waals surface area contributed by atoms with Crippen LogP contribution < -0.4 is 5.56 Å². The Bertz CT molecular complexity index is 881. The minimum atomic E-state index is -0.651. The number of hydrogen-bond donors (Lipinski definition) is 2. The third kappa shape index (κ3) is 6.58. The minimum Gasteiger partial charge on any atom is -0.462 e. The van der Waals surface area contributed by atoms with E-state index < -0.39 is 12.1 Å². The first kappa shape index (κ1) is 24.4. The molecule has 0 amide bonds. The molecule has 10 heteroatoms. The Labute approximate surface area is 180 Å². The van der Waals surface area contributed by atoms with E-state index in [2.05, 4.69) is 9.97 Å². The number of fused-ring (bicyclic) bond motifs is 1. The van der Waals surface area contributed by atoms with Crippen molar-refractivity contribution in [2.45, 2.75) is 39.8 Å². The molecule has 0 aliphatic heterocycles. The number of H-pyrrole nitrogens is 1. The Morgan fingerprint density at radius 2 is 2.10 bits per heavy atom. The Kier molecular flexibility index (Phi) is 9.86. The number of aliphatic hydroxyl groups is 1. The molecule has 2 heterocycles. The van der Waals surface area contributed by atoms with Gasteiger partial charge in [-0.15, -0.1) is 11.3 Å². The number of rotatable bonds is 13. The molecule has 0 saturated carbocycles. The second-order valence-corrected chi connectivity index (χ2v) is 7.86. The molecule has 0 bridgehead atoms. The number of aryl methyl sites for hydroxylation is 1. The van der Waals surface area contributed by atoms with Gasteiger partial charge in [0.05, 0.1) is 31.2 Å². The van der Waals surface area contributed by atoms with Gasteiger partial charge in [-0.05, 0) is 32.8 Å². The van der Waals surface area contributed by atoms with Gasteiger partial charge in [-0.3, -0.25) is 9.69 Å². The van der Waals surface area contributed by atoms with Gasteiger partial charge in [-0.25, -0.2) is 9.78 Å². The normalized spacial score (nSPS) is 12.6. The summed E-state index contributed by atoms with van der Waals surface area (Å²) >= 11 is 1.16. The summed E-state index contributed by atoms with van der Waals surface area (Å²) in [4.78, 5) is 35.1. The number of aromatic amines is 1. The largest absolute Gasteiger partial charge is 0.462 e. The molecule has 168 valence electrons. The number of hydrogen-bond acceptors (Lipinski definition) is 9. The van der Waals surface area contributed by atoms with Crippen molar-refractivity contribution >= 4 is 27.5 Å². The highest BCUT2D eigenvalue weighted by molar-refractivity contribution is 7.20. The minimum absolute atomic E-state index is 0.243. The van der Waals surface area contributed by atoms with Gasteiger partial charge in [-0.2, -0.15) is 0 Å². The first-order valence-electron chi connectivity index (χ1n) is 10.1. The number of thiophene rings is 1. The van der Waals surface area contributed by atoms with Crippen molar-refractivity contribution in [1.82, 2.24) is 14.9 Å². The van der Waals surface area contributed by atoms with Crippen molar-refractivity contribution in [2.75, 3.05) is 46.6 Å². The van der Waals surface area contributed by atoms with Crippen molar-refractivity contribution in [1.29, 1.82) is 0 Å². The first-order chi connectivity index (χ1) is 14.4. The zero-order valence-electron chi connectivity index (χ0n) is 18.0. The summed E-state index contributed by atoms with van der Waals surface area (Å²) in [5.41, 5.74) is 0.295. The van der Waals surface area contributed by atoms with E-state index >= 15 is 0 Å². The van der Waals surface area contributed by atoms with Gasteiger partial charge >= 0.3 is 5.97 Å². The van der Waals surface area contributed by atoms with E-state index in [1.807, 2.05) is 11.8 Å². The Morgan fingerprint density at radius 3 is 2.77 bits per heavy atom. The van der Waals surface area contributed by atoms with E-state index in [1.54, 1.807) is 21.0 Å². The summed E-state index contributed by atoms with van der Waals surface area (Å²) in [5.74, 6) is 0.0318. The Balaban J connectivity index is 2.24. The quantitative estimate of drug-likeness (QED) is 0.357. The van der Waals surface area contributed by atoms with E-state index in [4.69, 9.17) is 14.2 Å². The van der Waals surface area contributed by atoms with E-state index in [0.717, 1.165) is 17.8 Å². The SMILES string of the molecule is CCOC[C@@H](O)CN(CCCOC)Cc1nc2sc(C(=O)OCC)c(C)c2c(=O)[nH]1. The molecule has 0 aliphatic carbocycles. The molecular formula is C20H31N3O6S. The average molecular weight is 442 g/mol. The summed E-state index contributed by atoms with van der Waals surface area (Å²) < 4.78 is 15.5. The second-order valence-electron chi connectivity index (χ2n) is 6.86. The first-order valence-corrected chi connectivity index (χ1v) is 10.9. The zero-order valence-corrected chi connectivity index (χ0v) is 18.8. The molecule has 2 aromatic rings. The van der Waals surface area contributed by atoms with Gasteiger partial charge in [0.25, 0.3) is 5.56 Å². The van der Waals surface area contributed by atoms with Gasteiger partial charge < -0.3 is 24.3 Å². The molecule has 9 nitrogen and oxygen atoms in total. The zero-order chi connectivity index (χ0) is 22.1. The van der Waals surface area contributed by atoms with Crippen LogP contribution in [0.15, 0.2) is 4.79 Å². The van der Waals surface area contributed by atoms with Crippen LogP contribution in [0.5, 0.6) is 0 Å². The monoisotopic (exact) mass is 441 g/mol. The maximum Gasteiger partial charge on any atom is 0.348 e. The van der Waals surface area contributed by atoms with Crippen molar-refractivity contribution in [3.63, 3.8) is 0 Å². The van der Waals surface area contributed by atoms with Crippen LogP contribution in [0, 0.1) is 6.92 Å². The molecule has 1 atom stereocenters. The van der Waals surface area contributed by atoms with Gasteiger partial charge in [0.15, 0.2) is 0 Å². The van der Waals surface area contributed by atoms with Crippen LogP contribution in [0.25, 0.3) is 10.2 Å². The second kappa shape index (κ2) is 12.1. The average Bonchev–Trinajstić information content (AvgIpc) is 3.03. The molecule has 2 rings (SSSR count). The summed E-state index contributed by atoms with van der Waals surface area (Å²) in [6.45, 7) is 8.37. The third-order valence-electron chi connectivity index (χ3n) is 4.49. The number of carbonyl (C=O) groups is 1. The lowest BCUT2D eigenvalue weighted by Crippen LogP contribution is -2.36. The van der Waals surface area contributed by atoms with E-state index in [1.165, 1.54) is 0 Å². The van der Waals surface area contributed by atoms with Crippen LogP contribution >= 0.6 is 11.3 Å². The number of nitrogens with zero attached hydrogens (tertiary/aromatic N) is 2. The fourth-order valence-corrected chi connectivity index (χ4v) is 4.23. The van der Waals surface area contributed by atoms with E-state index in [-0.39, 0.29) is 18.8 Å². The fraction of sp³-hybridized carbons (Fsp3) is 0.650. The molecule has 0 unspecified atom stereocenters. The van der Waals surface area contributed by atoms with Gasteiger partial charge in [0.1, 0.15) is 15.5 Å². The molecule has 0 radical (unpaired) electrons. The number of aromatic nitrogens is 2. The Morgan fingerprint density at radius 1 is 1.33 bits per heavy atom. The van der Waals surface area contributed by atoms with Crippen LogP contribution in [0.4, 0.5) is 0 Å². The summed E-state index contributed by atoms with van der Waals surface area (Å²) in [7, 11) is 1.64. The number of methoxy groups -OCH3 is 1. The summed E-state index contributed by atoms with van der Waals surface area (Å²) in [6.07, 6.45) is 0.123. The van der Waals surface area contributed by atoms with Crippen LogP contribution in [-0.4, -0.2) is 78.7 Å². The molecule has 0 fully saturated rings. The maximum atomic E-state index is 12.7. The molecule has 2 aromatic heterocycles. The molecule has 2 N–H and O–H groups in total. The van der Waals surface area contributed by atoms with Crippen molar-refractivity contribution in [3.05, 3.63) is 26.6 Å². The third-order valence-corrected chi connectivity index (χ3v) is 5.66. The lowest BCUT2D eigenvalue weighted by atomic mass is 10.2. The van der Waals surface area contributed by atoms with Crippen LogP contribution in [-0.2, 0) is 20.8 Å². The standard InChI is InChI=1S/C20H31N3O6S/c1-5-28-12-14(24)10-23(8-7-9-27-4)11-15-21-18(25)16-13(3)17(20(26)29-6-2)30-19(16)22-15/h14,24H,5-12H2,1-4H3,(H,21,22,25)/t14-/m0/s1. The van der Waals surface area contributed by atoms with Crippen molar-refractivity contribution in [2.24, 2.45) is 0 Å². The van der Waals surface area contributed by atoms with E-state index in [0.29, 0.717) is 59.3 Å². The van der Waals surface area contributed by atoms with E-state index in [9.17, 15) is 14.7 Å². The summed E-state index contributed by atoms with van der Waals surface area (Å²) in [5, 5.41) is 10.6. The number of aliphatic hydroxyl groups excluding tert-OH is 1. The Hall–Kier alpha value is -1.85. The summed E-state index contributed by atoms with van der Waals surface area (Å²) in [6, 6.07) is 0. The number of nitrogens with one attached hydrogen (secondary N) is 1. The smallest absolute Gasteiger partial charge is 0.348 e. The van der Waals surface area contributed by atoms with Gasteiger partial charge in [0, 0.05) is 33.4 Å². The molecule has 0 saturated heterocycles. The van der Waals surface area contributed by atoms with Crippen LogP contribution in [0.2, 0.25) is 0 Å². The van der Waals surface area contributed by atoms with Crippen LogP contribution in [0.3, 0.4) is 0 Å². The molecule has 0 aromatic carbocycles. The van der Waals surface area contributed by atoms with Gasteiger partial charge in [-0.1, -0.05) is 0 Å². The maximum absolute atomic E-state index is 12.7. The predicted octanol–water partition coefficient (Wildman–Crippen LogP) is 1.71. The predicted molar refractivity (Wildman–Crippen MR) is 115 cm³/mol. The van der Waals surface area contributed by atoms with Gasteiger partial charge in [0.2, 0.25) is 0 Å². The number of esters is 1. The molecule has 0 aliphatic rings. The molecule has 30 heavy (non-hydrogen) atoms. The highest BCUT2D eigenvalue weighted by Crippen LogP contribution is 2.27. The topological polar surface area (TPSA) is 114 Å². The van der Waals surface area contributed by atoms with Crippen molar-refractivity contribution in [3.8, 4) is 0 Å².